The highest BCUT2D eigenvalue weighted by atomic mass is 32.1. The van der Waals surface area contributed by atoms with Crippen LogP contribution >= 0.6 is 11.3 Å². The van der Waals surface area contributed by atoms with Crippen LogP contribution in [0.15, 0.2) is 23.6 Å². The number of hydrogen-bond donors (Lipinski definition) is 2. The molecule has 2 aromatic rings. The van der Waals surface area contributed by atoms with Crippen LogP contribution in [0.3, 0.4) is 0 Å². The predicted molar refractivity (Wildman–Crippen MR) is 80.0 cm³/mol. The van der Waals surface area contributed by atoms with Crippen molar-refractivity contribution in [3.63, 3.8) is 0 Å². The number of carbonyl (C=O) groups is 2. The minimum atomic E-state index is -0.722. The molecule has 0 spiro atoms. The molecule has 0 aliphatic heterocycles. The Morgan fingerprint density at radius 1 is 1.10 bits per heavy atom. The van der Waals surface area contributed by atoms with Crippen LogP contribution in [-0.4, -0.2) is 16.8 Å². The van der Waals surface area contributed by atoms with Crippen LogP contribution in [0, 0.1) is 20.8 Å². The van der Waals surface area contributed by atoms with Crippen LogP contribution in [0.2, 0.25) is 0 Å². The third kappa shape index (κ3) is 3.42. The first-order valence-electron chi connectivity index (χ1n) is 6.07. The van der Waals surface area contributed by atoms with Gasteiger partial charge in [-0.1, -0.05) is 12.1 Å². The fraction of sp³-hybridized carbons (Fsp3) is 0.214. The Labute approximate surface area is 121 Å². The largest absolute Gasteiger partial charge is 0.318 e. The molecule has 0 saturated carbocycles. The van der Waals surface area contributed by atoms with Crippen molar-refractivity contribution in [3.8, 4) is 0 Å². The van der Waals surface area contributed by atoms with Crippen LogP contribution in [0.1, 0.15) is 16.8 Å². The second-order valence-electron chi connectivity index (χ2n) is 4.52. The molecule has 104 valence electrons. The molecule has 1 heterocycles. The SMILES string of the molecule is Cc1ccc(C)c(NC(=O)C(=O)Nc2nc(C)cs2)c1. The maximum absolute atomic E-state index is 11.8. The summed E-state index contributed by atoms with van der Waals surface area (Å²) in [7, 11) is 0. The van der Waals surface area contributed by atoms with Crippen LogP contribution < -0.4 is 10.6 Å². The zero-order valence-electron chi connectivity index (χ0n) is 11.5. The average Bonchev–Trinajstić information content (AvgIpc) is 2.79. The van der Waals surface area contributed by atoms with Crippen molar-refractivity contribution in [2.45, 2.75) is 20.8 Å². The van der Waals surface area contributed by atoms with E-state index in [4.69, 9.17) is 0 Å². The number of nitrogens with zero attached hydrogens (tertiary/aromatic N) is 1. The van der Waals surface area contributed by atoms with Crippen molar-refractivity contribution >= 4 is 34.0 Å². The lowest BCUT2D eigenvalue weighted by atomic mass is 10.1. The van der Waals surface area contributed by atoms with E-state index in [1.54, 1.807) is 5.38 Å². The first kappa shape index (κ1) is 14.2. The van der Waals surface area contributed by atoms with E-state index in [1.807, 2.05) is 39.0 Å². The molecule has 1 aromatic carbocycles. The van der Waals surface area contributed by atoms with Crippen LogP contribution in [0.5, 0.6) is 0 Å². The van der Waals surface area contributed by atoms with Crippen molar-refractivity contribution in [1.82, 2.24) is 4.98 Å². The van der Waals surface area contributed by atoms with Gasteiger partial charge in [-0.3, -0.25) is 14.9 Å². The Hall–Kier alpha value is -2.21. The molecule has 6 heteroatoms. The third-order valence-electron chi connectivity index (χ3n) is 2.69. The zero-order valence-corrected chi connectivity index (χ0v) is 12.3. The summed E-state index contributed by atoms with van der Waals surface area (Å²) >= 11 is 1.28. The Kier molecular flexibility index (Phi) is 4.14. The molecule has 0 aliphatic carbocycles. The number of anilines is 2. The quantitative estimate of drug-likeness (QED) is 0.835. The van der Waals surface area contributed by atoms with E-state index < -0.39 is 11.8 Å². The number of aryl methyl sites for hydroxylation is 3. The smallest absolute Gasteiger partial charge is 0.315 e. The van der Waals surface area contributed by atoms with Gasteiger partial charge in [0.1, 0.15) is 0 Å². The molecule has 1 aromatic heterocycles. The van der Waals surface area contributed by atoms with E-state index in [0.29, 0.717) is 10.8 Å². The lowest BCUT2D eigenvalue weighted by molar-refractivity contribution is -0.133. The number of nitrogens with one attached hydrogen (secondary N) is 2. The first-order valence-corrected chi connectivity index (χ1v) is 6.95. The van der Waals surface area contributed by atoms with Crippen molar-refractivity contribution in [3.05, 3.63) is 40.4 Å². The Morgan fingerprint density at radius 2 is 1.80 bits per heavy atom. The number of amides is 2. The van der Waals surface area contributed by atoms with Crippen LogP contribution in [-0.2, 0) is 9.59 Å². The monoisotopic (exact) mass is 289 g/mol. The minimum absolute atomic E-state index is 0.420. The highest BCUT2D eigenvalue weighted by Gasteiger charge is 2.16. The summed E-state index contributed by atoms with van der Waals surface area (Å²) in [6, 6.07) is 5.67. The number of benzene rings is 1. The van der Waals surface area contributed by atoms with Gasteiger partial charge in [0, 0.05) is 11.1 Å². The maximum Gasteiger partial charge on any atom is 0.315 e. The fourth-order valence-electron chi connectivity index (χ4n) is 1.61. The summed E-state index contributed by atoms with van der Waals surface area (Å²) in [6.07, 6.45) is 0. The standard InChI is InChI=1S/C14H15N3O2S/c1-8-4-5-9(2)11(6-8)16-12(18)13(19)17-14-15-10(3)7-20-14/h4-7H,1-3H3,(H,16,18)(H,15,17,19). The molecular formula is C14H15N3O2S. The summed E-state index contributed by atoms with van der Waals surface area (Å²) in [5.74, 6) is -1.42. The second-order valence-corrected chi connectivity index (χ2v) is 5.38. The van der Waals surface area contributed by atoms with Gasteiger partial charge in [-0.2, -0.15) is 0 Å². The highest BCUT2D eigenvalue weighted by Crippen LogP contribution is 2.17. The minimum Gasteiger partial charge on any atom is -0.318 e. The number of carbonyl (C=O) groups excluding carboxylic acids is 2. The van der Waals surface area contributed by atoms with Gasteiger partial charge >= 0.3 is 11.8 Å². The molecule has 0 atom stereocenters. The molecule has 2 amide bonds. The number of aromatic nitrogens is 1. The van der Waals surface area contributed by atoms with Crippen molar-refractivity contribution < 1.29 is 9.59 Å². The highest BCUT2D eigenvalue weighted by molar-refractivity contribution is 7.14. The second kappa shape index (κ2) is 5.83. The number of rotatable bonds is 2. The zero-order chi connectivity index (χ0) is 14.7. The molecule has 20 heavy (non-hydrogen) atoms. The maximum atomic E-state index is 11.8. The predicted octanol–water partition coefficient (Wildman–Crippen LogP) is 2.65. The van der Waals surface area contributed by atoms with E-state index in [1.165, 1.54) is 11.3 Å². The summed E-state index contributed by atoms with van der Waals surface area (Å²) in [6.45, 7) is 5.62. The summed E-state index contributed by atoms with van der Waals surface area (Å²) in [5, 5.41) is 7.30. The fourth-order valence-corrected chi connectivity index (χ4v) is 2.30. The van der Waals surface area contributed by atoms with Crippen molar-refractivity contribution in [2.24, 2.45) is 0 Å². The van der Waals surface area contributed by atoms with Crippen molar-refractivity contribution in [2.75, 3.05) is 10.6 Å². The number of thiazole rings is 1. The molecule has 0 aliphatic rings. The molecule has 2 rings (SSSR count). The Morgan fingerprint density at radius 3 is 2.45 bits per heavy atom. The molecule has 0 radical (unpaired) electrons. The Balaban J connectivity index is 2.04. The molecular weight excluding hydrogens is 274 g/mol. The third-order valence-corrected chi connectivity index (χ3v) is 3.56. The van der Waals surface area contributed by atoms with E-state index in [0.717, 1.165) is 16.8 Å². The molecule has 0 fully saturated rings. The lowest BCUT2D eigenvalue weighted by Crippen LogP contribution is -2.29. The van der Waals surface area contributed by atoms with Gasteiger partial charge in [0.2, 0.25) is 0 Å². The topological polar surface area (TPSA) is 71.1 Å². The van der Waals surface area contributed by atoms with Crippen molar-refractivity contribution in [1.29, 1.82) is 0 Å². The molecule has 5 nitrogen and oxygen atoms in total. The van der Waals surface area contributed by atoms with Gasteiger partial charge in [-0.15, -0.1) is 11.3 Å². The van der Waals surface area contributed by atoms with Gasteiger partial charge < -0.3 is 5.32 Å². The van der Waals surface area contributed by atoms with Gasteiger partial charge in [0.05, 0.1) is 5.69 Å². The molecule has 2 N–H and O–H groups in total. The van der Waals surface area contributed by atoms with Gasteiger partial charge in [-0.25, -0.2) is 4.98 Å². The summed E-state index contributed by atoms with van der Waals surface area (Å²) < 4.78 is 0. The normalized spacial score (nSPS) is 10.2. The summed E-state index contributed by atoms with van der Waals surface area (Å²) in [4.78, 5) is 27.7. The number of hydrogen-bond acceptors (Lipinski definition) is 4. The van der Waals surface area contributed by atoms with E-state index >= 15 is 0 Å². The van der Waals surface area contributed by atoms with Gasteiger partial charge in [-0.05, 0) is 38.0 Å². The summed E-state index contributed by atoms with van der Waals surface area (Å²) in [5.41, 5.74) is 3.37. The molecule has 0 bridgehead atoms. The Bertz CT molecular complexity index is 664. The first-order chi connectivity index (χ1) is 9.45. The van der Waals surface area contributed by atoms with Gasteiger partial charge in [0.15, 0.2) is 5.13 Å². The van der Waals surface area contributed by atoms with Crippen LogP contribution in [0.4, 0.5) is 10.8 Å². The van der Waals surface area contributed by atoms with E-state index in [2.05, 4.69) is 15.6 Å². The molecule has 0 saturated heterocycles. The molecule has 0 unspecified atom stereocenters. The van der Waals surface area contributed by atoms with Crippen LogP contribution in [0.25, 0.3) is 0 Å². The van der Waals surface area contributed by atoms with Gasteiger partial charge in [0.25, 0.3) is 0 Å². The lowest BCUT2D eigenvalue weighted by Gasteiger charge is -2.08. The van der Waals surface area contributed by atoms with E-state index in [-0.39, 0.29) is 0 Å². The average molecular weight is 289 g/mol. The van der Waals surface area contributed by atoms with E-state index in [9.17, 15) is 9.59 Å².